The molecule has 1 N–H and O–H groups in total. The van der Waals surface area contributed by atoms with Crippen LogP contribution in [0.3, 0.4) is 0 Å². The highest BCUT2D eigenvalue weighted by Gasteiger charge is 2.30. The number of nitrogens with zero attached hydrogens (tertiary/aromatic N) is 1. The van der Waals surface area contributed by atoms with E-state index in [9.17, 15) is 9.59 Å². The van der Waals surface area contributed by atoms with Crippen molar-refractivity contribution < 1.29 is 9.53 Å². The molecule has 1 aliphatic heterocycles. The summed E-state index contributed by atoms with van der Waals surface area (Å²) in [6.07, 6.45) is 2.04. The van der Waals surface area contributed by atoms with Gasteiger partial charge in [0, 0.05) is 29.6 Å². The van der Waals surface area contributed by atoms with Crippen LogP contribution in [0.2, 0.25) is 0 Å². The second-order valence-corrected chi connectivity index (χ2v) is 8.29. The van der Waals surface area contributed by atoms with Crippen molar-refractivity contribution in [3.63, 3.8) is 0 Å². The number of aromatic amines is 1. The summed E-state index contributed by atoms with van der Waals surface area (Å²) in [5, 5.41) is 0.977. The Balaban J connectivity index is 1.91. The lowest BCUT2D eigenvalue weighted by atomic mass is 9.94. The van der Waals surface area contributed by atoms with Crippen molar-refractivity contribution in [1.29, 1.82) is 0 Å². The van der Waals surface area contributed by atoms with E-state index < -0.39 is 5.41 Å². The van der Waals surface area contributed by atoms with Gasteiger partial charge in [-0.15, -0.1) is 0 Å². The second kappa shape index (κ2) is 7.23. The normalized spacial score (nSPS) is 17.6. The highest BCUT2D eigenvalue weighted by molar-refractivity contribution is 5.82. The summed E-state index contributed by atoms with van der Waals surface area (Å²) in [5.41, 5.74) is 1.90. The molecule has 5 heteroatoms. The Morgan fingerprint density at radius 3 is 2.73 bits per heavy atom. The number of ether oxygens (including phenoxy) is 1. The number of pyridine rings is 1. The highest BCUT2D eigenvalue weighted by atomic mass is 16.5. The first-order valence-corrected chi connectivity index (χ1v) is 9.27. The minimum atomic E-state index is -0.501. The molecule has 1 unspecified atom stereocenters. The molecule has 1 amide bonds. The fourth-order valence-electron chi connectivity index (χ4n) is 3.41. The van der Waals surface area contributed by atoms with Crippen molar-refractivity contribution in [2.75, 3.05) is 13.2 Å². The van der Waals surface area contributed by atoms with E-state index in [0.29, 0.717) is 18.7 Å². The Morgan fingerprint density at radius 2 is 2.08 bits per heavy atom. The second-order valence-electron chi connectivity index (χ2n) is 8.29. The van der Waals surface area contributed by atoms with Crippen molar-refractivity contribution in [3.05, 3.63) is 45.7 Å². The largest absolute Gasteiger partial charge is 0.376 e. The number of rotatable bonds is 4. The van der Waals surface area contributed by atoms with Gasteiger partial charge < -0.3 is 14.6 Å². The minimum Gasteiger partial charge on any atom is -0.376 e. The molecule has 1 aliphatic rings. The van der Waals surface area contributed by atoms with Crippen LogP contribution in [-0.2, 0) is 16.1 Å². The number of aryl methyl sites for hydroxylation is 1. The van der Waals surface area contributed by atoms with E-state index in [1.165, 1.54) is 0 Å². The van der Waals surface area contributed by atoms with Crippen molar-refractivity contribution in [3.8, 4) is 0 Å². The fraction of sp³-hybridized carbons (Fsp3) is 0.524. The quantitative estimate of drug-likeness (QED) is 0.913. The monoisotopic (exact) mass is 356 g/mol. The zero-order chi connectivity index (χ0) is 18.9. The van der Waals surface area contributed by atoms with Crippen molar-refractivity contribution in [2.24, 2.45) is 5.41 Å². The first-order valence-electron chi connectivity index (χ1n) is 9.27. The molecule has 0 saturated carbocycles. The predicted octanol–water partition coefficient (Wildman–Crippen LogP) is 3.39. The molecule has 3 rings (SSSR count). The molecule has 140 valence electrons. The van der Waals surface area contributed by atoms with Crippen molar-refractivity contribution >= 4 is 16.8 Å². The van der Waals surface area contributed by atoms with Gasteiger partial charge in [0.25, 0.3) is 5.56 Å². The van der Waals surface area contributed by atoms with Gasteiger partial charge in [-0.25, -0.2) is 0 Å². The van der Waals surface area contributed by atoms with Crippen LogP contribution in [0.5, 0.6) is 0 Å². The van der Waals surface area contributed by atoms with Gasteiger partial charge in [0.05, 0.1) is 12.6 Å². The van der Waals surface area contributed by atoms with Crippen LogP contribution in [0, 0.1) is 12.3 Å². The van der Waals surface area contributed by atoms with Gasteiger partial charge >= 0.3 is 0 Å². The summed E-state index contributed by atoms with van der Waals surface area (Å²) in [7, 11) is 0. The number of nitrogens with one attached hydrogen (secondary N) is 1. The van der Waals surface area contributed by atoms with Crippen molar-refractivity contribution in [2.45, 2.75) is 53.2 Å². The third-order valence-corrected chi connectivity index (χ3v) is 4.82. The molecule has 1 aromatic carbocycles. The first kappa shape index (κ1) is 18.6. The van der Waals surface area contributed by atoms with Gasteiger partial charge in [0.1, 0.15) is 0 Å². The van der Waals surface area contributed by atoms with Crippen LogP contribution in [0.25, 0.3) is 10.9 Å². The predicted molar refractivity (Wildman–Crippen MR) is 103 cm³/mol. The Morgan fingerprint density at radius 1 is 1.31 bits per heavy atom. The molecule has 26 heavy (non-hydrogen) atoms. The number of amides is 1. The van der Waals surface area contributed by atoms with Crippen molar-refractivity contribution in [1.82, 2.24) is 9.88 Å². The average molecular weight is 356 g/mol. The smallest absolute Gasteiger partial charge is 0.253 e. The molecule has 1 aromatic heterocycles. The lowest BCUT2D eigenvalue weighted by molar-refractivity contribution is -0.141. The van der Waals surface area contributed by atoms with E-state index in [4.69, 9.17) is 4.74 Å². The summed E-state index contributed by atoms with van der Waals surface area (Å²) in [5.74, 6) is 0.0383. The Hall–Kier alpha value is -2.14. The number of carbonyl (C=O) groups is 1. The molecule has 2 aromatic rings. The Bertz CT molecular complexity index is 858. The maximum atomic E-state index is 12.9. The number of H-pyrrole nitrogens is 1. The molecule has 1 fully saturated rings. The van der Waals surface area contributed by atoms with Gasteiger partial charge in [-0.1, -0.05) is 32.9 Å². The molecule has 0 aliphatic carbocycles. The van der Waals surface area contributed by atoms with E-state index in [0.717, 1.165) is 35.9 Å². The van der Waals surface area contributed by atoms with E-state index >= 15 is 0 Å². The van der Waals surface area contributed by atoms with Crippen LogP contribution in [0.15, 0.2) is 29.1 Å². The number of fused-ring (bicyclic) bond motifs is 1. The lowest BCUT2D eigenvalue weighted by Crippen LogP contribution is -2.43. The van der Waals surface area contributed by atoms with Crippen LogP contribution in [0.1, 0.15) is 44.7 Å². The van der Waals surface area contributed by atoms with E-state index in [2.05, 4.69) is 4.98 Å². The lowest BCUT2D eigenvalue weighted by Gasteiger charge is -2.31. The maximum Gasteiger partial charge on any atom is 0.253 e. The number of carbonyl (C=O) groups excluding carboxylic acids is 1. The highest BCUT2D eigenvalue weighted by Crippen LogP contribution is 2.22. The zero-order valence-corrected chi connectivity index (χ0v) is 16.1. The van der Waals surface area contributed by atoms with Gasteiger partial charge in [0.2, 0.25) is 5.91 Å². The van der Waals surface area contributed by atoms with E-state index in [1.54, 1.807) is 4.90 Å². The standard InChI is InChI=1S/C21H28N2O3/c1-14-7-8-15-11-16(19(24)22-18(15)10-14)12-23(20(25)21(2,3)4)13-17-6-5-9-26-17/h7-8,10-11,17H,5-6,9,12-13H2,1-4H3,(H,22,24). The first-order chi connectivity index (χ1) is 12.2. The maximum absolute atomic E-state index is 12.9. The van der Waals surface area contributed by atoms with Crippen LogP contribution in [0.4, 0.5) is 0 Å². The van der Waals surface area contributed by atoms with Gasteiger partial charge in [-0.05, 0) is 42.8 Å². The van der Waals surface area contributed by atoms with E-state index in [1.807, 2.05) is 52.0 Å². The van der Waals surface area contributed by atoms with Crippen LogP contribution >= 0.6 is 0 Å². The molecule has 1 saturated heterocycles. The molecule has 1 atom stereocenters. The van der Waals surface area contributed by atoms with Gasteiger partial charge in [0.15, 0.2) is 0 Å². The fourth-order valence-corrected chi connectivity index (χ4v) is 3.41. The topological polar surface area (TPSA) is 62.4 Å². The Labute approximate surface area is 154 Å². The zero-order valence-electron chi connectivity index (χ0n) is 16.1. The number of aromatic nitrogens is 1. The molecule has 0 bridgehead atoms. The molecular formula is C21H28N2O3. The van der Waals surface area contributed by atoms with Gasteiger partial charge in [-0.3, -0.25) is 9.59 Å². The molecule has 0 radical (unpaired) electrons. The average Bonchev–Trinajstić information content (AvgIpc) is 3.06. The molecule has 5 nitrogen and oxygen atoms in total. The summed E-state index contributed by atoms with van der Waals surface area (Å²) < 4.78 is 5.72. The number of benzene rings is 1. The third kappa shape index (κ3) is 4.15. The van der Waals surface area contributed by atoms with Gasteiger partial charge in [-0.2, -0.15) is 0 Å². The van der Waals surface area contributed by atoms with E-state index in [-0.39, 0.29) is 17.6 Å². The molecule has 0 spiro atoms. The van der Waals surface area contributed by atoms with Crippen LogP contribution < -0.4 is 5.56 Å². The summed E-state index contributed by atoms with van der Waals surface area (Å²) in [6, 6.07) is 7.88. The molecular weight excluding hydrogens is 328 g/mol. The Kier molecular flexibility index (Phi) is 5.19. The number of hydrogen-bond donors (Lipinski definition) is 1. The summed E-state index contributed by atoms with van der Waals surface area (Å²) >= 11 is 0. The summed E-state index contributed by atoms with van der Waals surface area (Å²) in [4.78, 5) is 30.2. The van der Waals surface area contributed by atoms with Crippen LogP contribution in [-0.4, -0.2) is 35.0 Å². The molecule has 2 heterocycles. The minimum absolute atomic E-state index is 0.0383. The third-order valence-electron chi connectivity index (χ3n) is 4.82. The SMILES string of the molecule is Cc1ccc2cc(CN(CC3CCCO3)C(=O)C(C)(C)C)c(=O)[nH]c2c1. The summed E-state index contributed by atoms with van der Waals surface area (Å²) in [6.45, 7) is 9.30. The number of hydrogen-bond acceptors (Lipinski definition) is 3.